The van der Waals surface area contributed by atoms with Crippen LogP contribution in [0.2, 0.25) is 5.02 Å². The molecule has 3 atom stereocenters. The van der Waals surface area contributed by atoms with Crippen LogP contribution >= 0.6 is 11.6 Å². The summed E-state index contributed by atoms with van der Waals surface area (Å²) >= 11 is 6.41. The average molecular weight is 263 g/mol. The zero-order valence-electron chi connectivity index (χ0n) is 10.5. The van der Waals surface area contributed by atoms with Crippen LogP contribution in [0.4, 0.5) is 0 Å². The highest BCUT2D eigenvalue weighted by atomic mass is 35.5. The fourth-order valence-electron chi connectivity index (χ4n) is 5.26. The van der Waals surface area contributed by atoms with Gasteiger partial charge in [-0.25, -0.2) is 0 Å². The van der Waals surface area contributed by atoms with E-state index in [1.165, 1.54) is 24.8 Å². The van der Waals surface area contributed by atoms with Crippen molar-refractivity contribution in [1.82, 2.24) is 0 Å². The first-order valence-electron chi connectivity index (χ1n) is 7.12. The second-order valence-corrected chi connectivity index (χ2v) is 7.10. The number of rotatable bonds is 1. The van der Waals surface area contributed by atoms with E-state index in [1.54, 1.807) is 0 Å². The van der Waals surface area contributed by atoms with E-state index in [1.807, 2.05) is 12.1 Å². The van der Waals surface area contributed by atoms with Crippen molar-refractivity contribution in [3.05, 3.63) is 34.9 Å². The standard InChI is InChI=1S/C16H19ClO/c17-14-4-2-1-3-13(14)16-8-10-5-11(9-16)7-12(6-10)15(16)18/h1-4,10-12,15,18H,5-9H2. The fraction of sp³-hybridized carbons (Fsp3) is 0.625. The summed E-state index contributed by atoms with van der Waals surface area (Å²) in [5, 5.41) is 11.6. The highest BCUT2D eigenvalue weighted by Crippen LogP contribution is 2.61. The Kier molecular flexibility index (Phi) is 2.35. The maximum atomic E-state index is 10.8. The molecule has 1 N–H and O–H groups in total. The molecule has 1 aromatic rings. The molecule has 2 heteroatoms. The SMILES string of the molecule is OC1C2CC3CC(C2)CC1(c1ccccc1Cl)C3. The molecule has 0 saturated heterocycles. The minimum Gasteiger partial charge on any atom is -0.392 e. The molecule has 3 unspecified atom stereocenters. The monoisotopic (exact) mass is 262 g/mol. The van der Waals surface area contributed by atoms with E-state index in [0.29, 0.717) is 5.92 Å². The molecule has 0 heterocycles. The minimum atomic E-state index is -0.176. The summed E-state index contributed by atoms with van der Waals surface area (Å²) in [6.45, 7) is 0. The third-order valence-electron chi connectivity index (χ3n) is 5.67. The molecule has 18 heavy (non-hydrogen) atoms. The Morgan fingerprint density at radius 2 is 1.72 bits per heavy atom. The lowest BCUT2D eigenvalue weighted by Gasteiger charge is -2.60. The van der Waals surface area contributed by atoms with Gasteiger partial charge in [0.25, 0.3) is 0 Å². The molecule has 1 aromatic carbocycles. The number of hydrogen-bond acceptors (Lipinski definition) is 1. The summed E-state index contributed by atoms with van der Waals surface area (Å²) in [4.78, 5) is 0. The molecule has 4 aliphatic carbocycles. The van der Waals surface area contributed by atoms with Crippen molar-refractivity contribution < 1.29 is 5.11 Å². The molecule has 4 saturated carbocycles. The number of hydrogen-bond donors (Lipinski definition) is 1. The largest absolute Gasteiger partial charge is 0.392 e. The van der Waals surface area contributed by atoms with E-state index in [9.17, 15) is 5.11 Å². The van der Waals surface area contributed by atoms with Crippen LogP contribution in [0.15, 0.2) is 24.3 Å². The van der Waals surface area contributed by atoms with Gasteiger partial charge in [-0.15, -0.1) is 0 Å². The summed E-state index contributed by atoms with van der Waals surface area (Å²) in [5.74, 6) is 2.16. The highest BCUT2D eigenvalue weighted by Gasteiger charge is 2.57. The smallest absolute Gasteiger partial charge is 0.0665 e. The zero-order valence-corrected chi connectivity index (χ0v) is 11.2. The Bertz CT molecular complexity index is 470. The number of aliphatic hydroxyl groups is 1. The first kappa shape index (κ1) is 11.3. The van der Waals surface area contributed by atoms with Crippen LogP contribution < -0.4 is 0 Å². The summed E-state index contributed by atoms with van der Waals surface area (Å²) in [6, 6.07) is 8.16. The normalized spacial score (nSPS) is 45.4. The van der Waals surface area contributed by atoms with Crippen molar-refractivity contribution in [1.29, 1.82) is 0 Å². The lowest BCUT2D eigenvalue weighted by Crippen LogP contribution is -2.58. The molecule has 0 aromatic heterocycles. The van der Waals surface area contributed by atoms with Gasteiger partial charge in [0.1, 0.15) is 0 Å². The van der Waals surface area contributed by atoms with E-state index < -0.39 is 0 Å². The highest BCUT2D eigenvalue weighted by molar-refractivity contribution is 6.31. The number of aliphatic hydroxyl groups excluding tert-OH is 1. The van der Waals surface area contributed by atoms with Crippen LogP contribution in [0.3, 0.4) is 0 Å². The van der Waals surface area contributed by atoms with E-state index in [4.69, 9.17) is 11.6 Å². The van der Waals surface area contributed by atoms with Crippen molar-refractivity contribution in [2.75, 3.05) is 0 Å². The Labute approximate surface area is 113 Å². The Morgan fingerprint density at radius 1 is 1.06 bits per heavy atom. The van der Waals surface area contributed by atoms with Crippen molar-refractivity contribution >= 4 is 11.6 Å². The Balaban J connectivity index is 1.85. The van der Waals surface area contributed by atoms with E-state index in [-0.39, 0.29) is 11.5 Å². The van der Waals surface area contributed by atoms with Gasteiger partial charge in [0, 0.05) is 10.4 Å². The van der Waals surface area contributed by atoms with Gasteiger partial charge in [0.05, 0.1) is 6.10 Å². The molecule has 4 aliphatic rings. The molecule has 5 rings (SSSR count). The number of benzene rings is 1. The lowest BCUT2D eigenvalue weighted by atomic mass is 9.46. The molecule has 1 nitrogen and oxygen atoms in total. The topological polar surface area (TPSA) is 20.2 Å². The molecule has 0 amide bonds. The van der Waals surface area contributed by atoms with Crippen molar-refractivity contribution in [2.24, 2.45) is 17.8 Å². The van der Waals surface area contributed by atoms with Crippen LogP contribution in [0.5, 0.6) is 0 Å². The second-order valence-electron chi connectivity index (χ2n) is 6.69. The quantitative estimate of drug-likeness (QED) is 0.817. The molecule has 0 aliphatic heterocycles. The third-order valence-corrected chi connectivity index (χ3v) is 6.00. The van der Waals surface area contributed by atoms with Gasteiger partial charge in [-0.3, -0.25) is 0 Å². The van der Waals surface area contributed by atoms with Gasteiger partial charge in [-0.05, 0) is 61.5 Å². The van der Waals surface area contributed by atoms with Crippen LogP contribution in [-0.4, -0.2) is 11.2 Å². The summed E-state index contributed by atoms with van der Waals surface area (Å²) in [7, 11) is 0. The zero-order chi connectivity index (χ0) is 12.3. The van der Waals surface area contributed by atoms with Gasteiger partial charge in [-0.1, -0.05) is 29.8 Å². The first-order valence-corrected chi connectivity index (χ1v) is 7.50. The Morgan fingerprint density at radius 3 is 2.39 bits per heavy atom. The predicted molar refractivity (Wildman–Crippen MR) is 72.7 cm³/mol. The van der Waals surface area contributed by atoms with Crippen molar-refractivity contribution in [3.8, 4) is 0 Å². The summed E-state index contributed by atoms with van der Waals surface area (Å²) in [6.07, 6.45) is 5.98. The Hall–Kier alpha value is -0.530. The fourth-order valence-corrected chi connectivity index (χ4v) is 5.58. The predicted octanol–water partition coefficient (Wildman–Crippen LogP) is 3.78. The van der Waals surface area contributed by atoms with Gasteiger partial charge >= 0.3 is 0 Å². The summed E-state index contributed by atoms with van der Waals surface area (Å²) < 4.78 is 0. The van der Waals surface area contributed by atoms with Crippen molar-refractivity contribution in [2.45, 2.75) is 43.6 Å². The van der Waals surface area contributed by atoms with E-state index in [0.717, 1.165) is 29.7 Å². The molecule has 0 radical (unpaired) electrons. The third kappa shape index (κ3) is 1.38. The molecule has 4 bridgehead atoms. The number of halogens is 1. The van der Waals surface area contributed by atoms with Crippen LogP contribution in [0.1, 0.15) is 37.7 Å². The minimum absolute atomic E-state index is 0.0346. The average Bonchev–Trinajstić information content (AvgIpc) is 2.35. The molecule has 96 valence electrons. The van der Waals surface area contributed by atoms with Gasteiger partial charge < -0.3 is 5.11 Å². The van der Waals surface area contributed by atoms with Crippen LogP contribution in [0.25, 0.3) is 0 Å². The maximum absolute atomic E-state index is 10.8. The van der Waals surface area contributed by atoms with Gasteiger partial charge in [0.15, 0.2) is 0 Å². The first-order chi connectivity index (χ1) is 8.69. The molecule has 4 fully saturated rings. The second kappa shape index (κ2) is 3.74. The van der Waals surface area contributed by atoms with Crippen molar-refractivity contribution in [3.63, 3.8) is 0 Å². The molecular formula is C16H19ClO. The molecular weight excluding hydrogens is 244 g/mol. The maximum Gasteiger partial charge on any atom is 0.0665 e. The summed E-state index contributed by atoms with van der Waals surface area (Å²) in [5.41, 5.74) is 1.17. The van der Waals surface area contributed by atoms with E-state index in [2.05, 4.69) is 12.1 Å². The van der Waals surface area contributed by atoms with Crippen LogP contribution in [-0.2, 0) is 5.41 Å². The van der Waals surface area contributed by atoms with Gasteiger partial charge in [0.2, 0.25) is 0 Å². The van der Waals surface area contributed by atoms with Crippen LogP contribution in [0, 0.1) is 17.8 Å². The van der Waals surface area contributed by atoms with Gasteiger partial charge in [-0.2, -0.15) is 0 Å². The lowest BCUT2D eigenvalue weighted by molar-refractivity contribution is -0.113. The molecule has 0 spiro atoms. The van der Waals surface area contributed by atoms with E-state index >= 15 is 0 Å².